The van der Waals surface area contributed by atoms with E-state index >= 15 is 0 Å². The predicted octanol–water partition coefficient (Wildman–Crippen LogP) is 1.74. The minimum absolute atomic E-state index is 0.242. The summed E-state index contributed by atoms with van der Waals surface area (Å²) in [5.41, 5.74) is 1.95. The number of carbonyl (C=O) groups excluding carboxylic acids is 2. The summed E-state index contributed by atoms with van der Waals surface area (Å²) < 4.78 is 0. The Hall–Kier alpha value is -2.96. The Balaban J connectivity index is 1.89. The normalized spacial score (nSPS) is 14.1. The van der Waals surface area contributed by atoms with Gasteiger partial charge in [-0.1, -0.05) is 24.8 Å². The molecule has 0 unspecified atom stereocenters. The van der Waals surface area contributed by atoms with Gasteiger partial charge >= 0.3 is 0 Å². The van der Waals surface area contributed by atoms with Crippen molar-refractivity contribution in [1.29, 1.82) is 0 Å². The van der Waals surface area contributed by atoms with Crippen molar-refractivity contribution >= 4 is 11.8 Å². The van der Waals surface area contributed by atoms with E-state index in [0.29, 0.717) is 24.4 Å². The molecule has 1 aliphatic rings. The van der Waals surface area contributed by atoms with Crippen LogP contribution in [0.25, 0.3) is 5.69 Å². The number of carbonyl (C=O) groups is 2. The lowest BCUT2D eigenvalue weighted by Crippen LogP contribution is -2.45. The van der Waals surface area contributed by atoms with E-state index in [1.807, 2.05) is 30.3 Å². The Morgan fingerprint density at radius 1 is 1.08 bits per heavy atom. The number of hydrogen-bond acceptors (Lipinski definition) is 4. The van der Waals surface area contributed by atoms with E-state index in [4.69, 9.17) is 0 Å². The van der Waals surface area contributed by atoms with Crippen molar-refractivity contribution in [3.8, 4) is 5.69 Å². The fourth-order valence-electron chi connectivity index (χ4n) is 2.63. The van der Waals surface area contributed by atoms with Crippen LogP contribution in [-0.4, -0.2) is 49.9 Å². The summed E-state index contributed by atoms with van der Waals surface area (Å²) in [6.07, 6.45) is 0.733. The second-order valence-corrected chi connectivity index (χ2v) is 5.75. The monoisotopic (exact) mass is 325 g/mol. The van der Waals surface area contributed by atoms with Crippen molar-refractivity contribution in [2.45, 2.75) is 20.3 Å². The van der Waals surface area contributed by atoms with Gasteiger partial charge < -0.3 is 0 Å². The SMILES string of the molecule is C=C(C)C(=O)N1CCCN1C(=O)c1nn(-c2ccccc2)nc1C. The van der Waals surface area contributed by atoms with Gasteiger partial charge in [-0.2, -0.15) is 9.90 Å². The number of nitrogens with zero attached hydrogens (tertiary/aromatic N) is 5. The van der Waals surface area contributed by atoms with Crippen LogP contribution in [0.1, 0.15) is 29.5 Å². The highest BCUT2D eigenvalue weighted by molar-refractivity contribution is 5.98. The second-order valence-electron chi connectivity index (χ2n) is 5.75. The van der Waals surface area contributed by atoms with Gasteiger partial charge in [0.15, 0.2) is 5.69 Å². The highest BCUT2D eigenvalue weighted by Crippen LogP contribution is 2.18. The third-order valence-corrected chi connectivity index (χ3v) is 3.84. The molecule has 1 fully saturated rings. The molecule has 3 rings (SSSR count). The van der Waals surface area contributed by atoms with Crippen molar-refractivity contribution in [2.75, 3.05) is 13.1 Å². The maximum atomic E-state index is 12.8. The minimum Gasteiger partial charge on any atom is -0.268 e. The number of rotatable bonds is 3. The molecule has 24 heavy (non-hydrogen) atoms. The van der Waals surface area contributed by atoms with Gasteiger partial charge in [0.1, 0.15) is 0 Å². The lowest BCUT2D eigenvalue weighted by molar-refractivity contribution is -0.136. The van der Waals surface area contributed by atoms with Crippen LogP contribution in [0.15, 0.2) is 42.5 Å². The summed E-state index contributed by atoms with van der Waals surface area (Å²) in [6.45, 7) is 8.03. The second kappa shape index (κ2) is 6.27. The van der Waals surface area contributed by atoms with Crippen LogP contribution in [0.3, 0.4) is 0 Å². The zero-order chi connectivity index (χ0) is 17.3. The summed E-state index contributed by atoms with van der Waals surface area (Å²) in [6, 6.07) is 9.38. The lowest BCUT2D eigenvalue weighted by Gasteiger charge is -2.27. The first-order valence-electron chi connectivity index (χ1n) is 7.77. The van der Waals surface area contributed by atoms with E-state index < -0.39 is 0 Å². The Bertz CT molecular complexity index is 797. The minimum atomic E-state index is -0.318. The molecule has 7 nitrogen and oxygen atoms in total. The maximum absolute atomic E-state index is 12.8. The van der Waals surface area contributed by atoms with Gasteiger partial charge in [-0.15, -0.1) is 5.10 Å². The van der Waals surface area contributed by atoms with Crippen molar-refractivity contribution in [3.05, 3.63) is 53.9 Å². The van der Waals surface area contributed by atoms with E-state index in [1.54, 1.807) is 13.8 Å². The van der Waals surface area contributed by atoms with Crippen LogP contribution in [0.4, 0.5) is 0 Å². The number of hydrazine groups is 1. The lowest BCUT2D eigenvalue weighted by atomic mass is 10.3. The number of hydrogen-bond donors (Lipinski definition) is 0. The average molecular weight is 325 g/mol. The predicted molar refractivity (Wildman–Crippen MR) is 88.3 cm³/mol. The Morgan fingerprint density at radius 2 is 1.75 bits per heavy atom. The molecule has 0 N–H and O–H groups in total. The summed E-state index contributed by atoms with van der Waals surface area (Å²) in [5, 5.41) is 11.5. The molecule has 0 aliphatic carbocycles. The molecular formula is C17H19N5O2. The molecule has 7 heteroatoms. The van der Waals surface area contributed by atoms with Crippen LogP contribution in [0.5, 0.6) is 0 Å². The van der Waals surface area contributed by atoms with Gasteiger partial charge in [-0.3, -0.25) is 9.59 Å². The van der Waals surface area contributed by atoms with E-state index in [2.05, 4.69) is 16.8 Å². The molecule has 1 aliphatic heterocycles. The third-order valence-electron chi connectivity index (χ3n) is 3.84. The zero-order valence-electron chi connectivity index (χ0n) is 13.8. The highest BCUT2D eigenvalue weighted by atomic mass is 16.2. The zero-order valence-corrected chi connectivity index (χ0v) is 13.8. The molecule has 1 aromatic carbocycles. The fraction of sp³-hybridized carbons (Fsp3) is 0.294. The van der Waals surface area contributed by atoms with Crippen molar-refractivity contribution in [1.82, 2.24) is 25.0 Å². The molecule has 0 radical (unpaired) electrons. The summed E-state index contributed by atoms with van der Waals surface area (Å²) in [7, 11) is 0. The molecule has 0 spiro atoms. The van der Waals surface area contributed by atoms with Gasteiger partial charge in [-0.05, 0) is 32.4 Å². The van der Waals surface area contributed by atoms with E-state index in [1.165, 1.54) is 14.8 Å². The number of aryl methyl sites for hydroxylation is 1. The summed E-state index contributed by atoms with van der Waals surface area (Å²) >= 11 is 0. The summed E-state index contributed by atoms with van der Waals surface area (Å²) in [5.74, 6) is -0.560. The number of amides is 2. The van der Waals surface area contributed by atoms with Gasteiger partial charge in [0.25, 0.3) is 11.8 Å². The summed E-state index contributed by atoms with van der Waals surface area (Å²) in [4.78, 5) is 26.5. The molecule has 0 bridgehead atoms. The topological polar surface area (TPSA) is 71.3 Å². The smallest absolute Gasteiger partial charge is 0.268 e. The van der Waals surface area contributed by atoms with Crippen LogP contribution >= 0.6 is 0 Å². The van der Waals surface area contributed by atoms with Crippen LogP contribution in [-0.2, 0) is 4.79 Å². The number of aromatic nitrogens is 3. The first kappa shape index (κ1) is 15.9. The van der Waals surface area contributed by atoms with Crippen molar-refractivity contribution < 1.29 is 9.59 Å². The molecule has 124 valence electrons. The molecule has 0 atom stereocenters. The van der Waals surface area contributed by atoms with Crippen molar-refractivity contribution in [2.24, 2.45) is 0 Å². The first-order valence-corrected chi connectivity index (χ1v) is 7.77. The van der Waals surface area contributed by atoms with Gasteiger partial charge in [0.05, 0.1) is 11.4 Å². The largest absolute Gasteiger partial charge is 0.294 e. The molecular weight excluding hydrogens is 306 g/mol. The van der Waals surface area contributed by atoms with Crippen molar-refractivity contribution in [3.63, 3.8) is 0 Å². The Labute approximate surface area is 140 Å². The Morgan fingerprint density at radius 3 is 2.42 bits per heavy atom. The number of para-hydroxylation sites is 1. The molecule has 0 saturated carbocycles. The van der Waals surface area contributed by atoms with Crippen LogP contribution in [0, 0.1) is 6.92 Å². The highest BCUT2D eigenvalue weighted by Gasteiger charge is 2.33. The van der Waals surface area contributed by atoms with E-state index in [9.17, 15) is 9.59 Å². The van der Waals surface area contributed by atoms with E-state index in [-0.39, 0.29) is 17.5 Å². The molecule has 2 heterocycles. The molecule has 2 amide bonds. The quantitative estimate of drug-likeness (QED) is 0.806. The average Bonchev–Trinajstić information content (AvgIpc) is 3.21. The first-order chi connectivity index (χ1) is 11.5. The fourth-order valence-corrected chi connectivity index (χ4v) is 2.63. The standard InChI is InChI=1S/C17H19N5O2/c1-12(2)16(23)20-10-7-11-21(20)17(24)15-13(3)18-22(19-15)14-8-5-4-6-9-14/h4-6,8-9H,1,7,10-11H2,2-3H3. The molecule has 2 aromatic rings. The van der Waals surface area contributed by atoms with Crippen LogP contribution in [0.2, 0.25) is 0 Å². The molecule has 1 aromatic heterocycles. The van der Waals surface area contributed by atoms with Gasteiger partial charge in [0.2, 0.25) is 0 Å². The maximum Gasteiger partial charge on any atom is 0.294 e. The Kier molecular flexibility index (Phi) is 4.16. The molecule has 1 saturated heterocycles. The van der Waals surface area contributed by atoms with Crippen LogP contribution < -0.4 is 0 Å². The van der Waals surface area contributed by atoms with E-state index in [0.717, 1.165) is 12.1 Å². The third kappa shape index (κ3) is 2.80. The number of benzene rings is 1. The van der Waals surface area contributed by atoms with Gasteiger partial charge in [-0.25, -0.2) is 10.0 Å². The van der Waals surface area contributed by atoms with Gasteiger partial charge in [0, 0.05) is 18.7 Å².